The fourth-order valence-electron chi connectivity index (χ4n) is 7.70. The lowest BCUT2D eigenvalue weighted by atomic mass is 9.85. The van der Waals surface area contributed by atoms with Gasteiger partial charge in [-0.05, 0) is 73.9 Å². The van der Waals surface area contributed by atoms with Crippen molar-refractivity contribution in [1.82, 2.24) is 25.2 Å². The minimum absolute atomic E-state index is 0.0168. The van der Waals surface area contributed by atoms with Gasteiger partial charge in [-0.2, -0.15) is 0 Å². The maximum Gasteiger partial charge on any atom is 0.405 e. The predicted molar refractivity (Wildman–Crippen MR) is 189 cm³/mol. The molecule has 3 fully saturated rings. The fraction of sp³-hybridized carbons (Fsp3) is 0.583. The van der Waals surface area contributed by atoms with E-state index in [9.17, 15) is 42.2 Å². The third kappa shape index (κ3) is 7.50. The molecule has 2 aliphatic carbocycles. The molecule has 1 aromatic carbocycles. The number of methoxy groups -OCH3 is 1. The van der Waals surface area contributed by atoms with E-state index in [1.807, 2.05) is 19.9 Å². The smallest absolute Gasteiger partial charge is 0.405 e. The summed E-state index contributed by atoms with van der Waals surface area (Å²) < 4.78 is 53.1. The summed E-state index contributed by atoms with van der Waals surface area (Å²) in [7, 11) is -2.95. The zero-order valence-corrected chi connectivity index (χ0v) is 30.7. The zero-order chi connectivity index (χ0) is 38.3. The maximum absolute atomic E-state index is 14.8. The van der Waals surface area contributed by atoms with Crippen molar-refractivity contribution in [2.75, 3.05) is 20.3 Å². The van der Waals surface area contributed by atoms with Crippen molar-refractivity contribution in [3.05, 3.63) is 42.4 Å². The van der Waals surface area contributed by atoms with Gasteiger partial charge in [0.25, 0.3) is 5.91 Å². The standard InChI is InChI=1S/C36H46FN5O10S/c1-4-21-13-20(2)7-5-6-8-23-17-36(23,33(46)41-53(49,50)35(19-43)10-11-35)40-30(44)27-15-24(18-42(27)32(45)29(21)39-34(47)48)52-31-25-16-26(37)28(51-3)14-22(25)9-12-38-31/h6,8-9,12,14,16,20-21,23-24,27,29,39,43H,4-5,7,10-11,13,15,17-19H2,1-3H3,(H,40,44)(H,41,46)(H,47,48)/b8-6-/t20-,21+,23+,24+,27-,29-,36+/m0/s1. The number of hydrogen-bond acceptors (Lipinski definition) is 10. The number of aromatic nitrogens is 1. The lowest BCUT2D eigenvalue weighted by Gasteiger charge is -2.33. The van der Waals surface area contributed by atoms with Crippen molar-refractivity contribution in [2.24, 2.45) is 17.8 Å². The van der Waals surface area contributed by atoms with Crippen molar-refractivity contribution in [3.63, 3.8) is 0 Å². The first-order valence-corrected chi connectivity index (χ1v) is 19.4. The van der Waals surface area contributed by atoms with E-state index in [1.165, 1.54) is 30.3 Å². The maximum atomic E-state index is 14.8. The molecule has 4 aliphatic rings. The molecule has 2 aliphatic heterocycles. The van der Waals surface area contributed by atoms with Crippen LogP contribution in [0, 0.1) is 23.6 Å². The predicted octanol–water partition coefficient (Wildman–Crippen LogP) is 2.62. The van der Waals surface area contributed by atoms with Gasteiger partial charge in [-0.25, -0.2) is 22.6 Å². The Balaban J connectivity index is 1.35. The highest BCUT2D eigenvalue weighted by atomic mass is 32.2. The van der Waals surface area contributed by atoms with E-state index >= 15 is 0 Å². The highest BCUT2D eigenvalue weighted by Crippen LogP contribution is 2.48. The van der Waals surface area contributed by atoms with Crippen LogP contribution in [0.15, 0.2) is 36.5 Å². The number of amides is 4. The van der Waals surface area contributed by atoms with Gasteiger partial charge in [0.05, 0.1) is 20.3 Å². The van der Waals surface area contributed by atoms with Crippen LogP contribution in [-0.4, -0.2) is 101 Å². The quantitative estimate of drug-likeness (QED) is 0.235. The number of nitrogens with zero attached hydrogens (tertiary/aromatic N) is 2. The van der Waals surface area contributed by atoms with Crippen molar-refractivity contribution in [3.8, 4) is 11.6 Å². The monoisotopic (exact) mass is 759 g/mol. The first kappa shape index (κ1) is 38.2. The summed E-state index contributed by atoms with van der Waals surface area (Å²) in [6, 6.07) is 1.86. The summed E-state index contributed by atoms with van der Waals surface area (Å²) in [5.74, 6) is -3.86. The van der Waals surface area contributed by atoms with Crippen LogP contribution in [0.3, 0.4) is 0 Å². The van der Waals surface area contributed by atoms with Crippen LogP contribution in [-0.2, 0) is 24.4 Å². The molecule has 2 saturated carbocycles. The van der Waals surface area contributed by atoms with Crippen molar-refractivity contribution in [1.29, 1.82) is 0 Å². The molecule has 288 valence electrons. The lowest BCUT2D eigenvalue weighted by Crippen LogP contribution is -2.59. The second kappa shape index (κ2) is 14.7. The second-order valence-corrected chi connectivity index (χ2v) is 16.9. The van der Waals surface area contributed by atoms with Crippen LogP contribution in [0.25, 0.3) is 10.8 Å². The summed E-state index contributed by atoms with van der Waals surface area (Å²) in [5.41, 5.74) is -1.66. The average Bonchev–Trinajstić information content (AvgIpc) is 4.02. The molecule has 17 heteroatoms. The van der Waals surface area contributed by atoms with Gasteiger partial charge in [0.1, 0.15) is 28.5 Å². The van der Waals surface area contributed by atoms with Crippen LogP contribution >= 0.6 is 0 Å². The normalized spacial score (nSPS) is 30.5. The van der Waals surface area contributed by atoms with Crippen LogP contribution < -0.4 is 24.8 Å². The molecule has 7 atom stereocenters. The number of nitrogens with one attached hydrogen (secondary N) is 3. The van der Waals surface area contributed by atoms with Gasteiger partial charge in [0, 0.05) is 23.9 Å². The van der Waals surface area contributed by atoms with Gasteiger partial charge in [0.2, 0.25) is 27.7 Å². The Morgan fingerprint density at radius 1 is 1.21 bits per heavy atom. The summed E-state index contributed by atoms with van der Waals surface area (Å²) in [4.78, 5) is 60.2. The number of aliphatic hydroxyl groups is 1. The molecule has 2 aromatic rings. The Labute approximate surface area is 306 Å². The second-order valence-electron chi connectivity index (χ2n) is 14.8. The van der Waals surface area contributed by atoms with E-state index in [0.29, 0.717) is 36.5 Å². The van der Waals surface area contributed by atoms with E-state index < -0.39 is 86.6 Å². The molecule has 0 bridgehead atoms. The molecule has 1 saturated heterocycles. The largest absolute Gasteiger partial charge is 0.494 e. The van der Waals surface area contributed by atoms with E-state index in [4.69, 9.17) is 9.47 Å². The van der Waals surface area contributed by atoms with Gasteiger partial charge in [-0.3, -0.25) is 19.1 Å². The van der Waals surface area contributed by atoms with Crippen LogP contribution in [0.1, 0.15) is 65.2 Å². The Bertz CT molecular complexity index is 1920. The Kier molecular flexibility index (Phi) is 10.6. The third-order valence-corrected chi connectivity index (χ3v) is 13.4. The summed E-state index contributed by atoms with van der Waals surface area (Å²) in [5, 5.41) is 25.6. The van der Waals surface area contributed by atoms with Gasteiger partial charge >= 0.3 is 6.09 Å². The Morgan fingerprint density at radius 2 is 1.96 bits per heavy atom. The van der Waals surface area contributed by atoms with Crippen LogP contribution in [0.5, 0.6) is 11.6 Å². The molecule has 15 nitrogen and oxygen atoms in total. The van der Waals surface area contributed by atoms with Crippen molar-refractivity contribution >= 4 is 44.6 Å². The number of fused-ring (bicyclic) bond motifs is 3. The summed E-state index contributed by atoms with van der Waals surface area (Å²) in [6.45, 7) is 3.04. The number of allylic oxidation sites excluding steroid dienone is 1. The Morgan fingerprint density at radius 3 is 2.62 bits per heavy atom. The molecule has 53 heavy (non-hydrogen) atoms. The fourth-order valence-corrected chi connectivity index (χ4v) is 9.15. The number of hydrogen-bond donors (Lipinski definition) is 5. The van der Waals surface area contributed by atoms with E-state index in [2.05, 4.69) is 20.3 Å². The number of carbonyl (C=O) groups is 4. The number of carbonyl (C=O) groups excluding carboxylic acids is 3. The molecule has 4 amide bonds. The molecule has 1 aromatic heterocycles. The molecule has 0 radical (unpaired) electrons. The summed E-state index contributed by atoms with van der Waals surface area (Å²) in [6.07, 6.45) is 5.47. The molecular weight excluding hydrogens is 713 g/mol. The number of aliphatic hydroxyl groups excluding tert-OH is 1. The minimum atomic E-state index is -4.29. The lowest BCUT2D eigenvalue weighted by molar-refractivity contribution is -0.142. The van der Waals surface area contributed by atoms with E-state index in [1.54, 1.807) is 12.1 Å². The number of sulfonamides is 1. The van der Waals surface area contributed by atoms with E-state index in [0.717, 1.165) is 0 Å². The number of pyridine rings is 1. The first-order chi connectivity index (χ1) is 25.2. The number of rotatable bonds is 9. The minimum Gasteiger partial charge on any atom is -0.494 e. The molecule has 6 rings (SSSR count). The molecule has 0 spiro atoms. The van der Waals surface area contributed by atoms with Gasteiger partial charge in [-0.15, -0.1) is 0 Å². The molecule has 0 unspecified atom stereocenters. The van der Waals surface area contributed by atoms with Crippen molar-refractivity contribution in [2.45, 2.75) is 93.7 Å². The Hall–Kier alpha value is -4.51. The number of benzene rings is 1. The topological polar surface area (TPSA) is 214 Å². The highest BCUT2D eigenvalue weighted by molar-refractivity contribution is 7.91. The molecular formula is C36H46FN5O10S. The summed E-state index contributed by atoms with van der Waals surface area (Å²) >= 11 is 0. The van der Waals surface area contributed by atoms with Gasteiger partial charge in [0.15, 0.2) is 11.6 Å². The highest BCUT2D eigenvalue weighted by Gasteiger charge is 2.64. The van der Waals surface area contributed by atoms with Crippen LogP contribution in [0.4, 0.5) is 9.18 Å². The van der Waals surface area contributed by atoms with Crippen molar-refractivity contribution < 1.29 is 51.7 Å². The van der Waals surface area contributed by atoms with E-state index in [-0.39, 0.29) is 49.8 Å². The third-order valence-electron chi connectivity index (χ3n) is 11.2. The molecule has 5 N–H and O–H groups in total. The first-order valence-electron chi connectivity index (χ1n) is 17.9. The number of carboxylic acid groups (broad SMARTS) is 1. The van der Waals surface area contributed by atoms with Gasteiger partial charge < -0.3 is 35.2 Å². The zero-order valence-electron chi connectivity index (χ0n) is 29.8. The van der Waals surface area contributed by atoms with Crippen LogP contribution in [0.2, 0.25) is 0 Å². The average molecular weight is 760 g/mol. The molecule has 3 heterocycles. The number of ether oxygens (including phenoxy) is 2. The number of halogens is 1. The SMILES string of the molecule is CC[C@@H]1C[C@@H](C)CC/C=C\[C@@H]2C[C@@]2(C(=O)NS(=O)(=O)C2(CO)CC2)NC(=O)[C@@H]2C[C@@H](Oc3nccc4cc(OC)c(F)cc34)CN2C(=O)[C@H]1NC(=O)O. The van der Waals surface area contributed by atoms with Gasteiger partial charge in [-0.1, -0.05) is 32.4 Å².